The average Bonchev–Trinajstić information content (AvgIpc) is 3.15. The van der Waals surface area contributed by atoms with Gasteiger partial charge in [-0.2, -0.15) is 0 Å². The number of carbonyl (C=O) groups is 2. The Morgan fingerprint density at radius 1 is 1.36 bits per heavy atom. The summed E-state index contributed by atoms with van der Waals surface area (Å²) in [6.07, 6.45) is 0.696. The van der Waals surface area contributed by atoms with E-state index in [-0.39, 0.29) is 5.76 Å². The van der Waals surface area contributed by atoms with Gasteiger partial charge in [0.1, 0.15) is 4.92 Å². The third-order valence-corrected chi connectivity index (χ3v) is 3.52. The normalized spacial score (nSPS) is 10.2. The molecule has 0 aliphatic rings. The van der Waals surface area contributed by atoms with Gasteiger partial charge in [0, 0.05) is 11.4 Å². The molecular formula is C13H12N2O6S. The second-order valence-electron chi connectivity index (χ2n) is 4.15. The van der Waals surface area contributed by atoms with Crippen LogP contribution in [0.15, 0.2) is 34.1 Å². The zero-order valence-electron chi connectivity index (χ0n) is 11.3. The standard InChI is InChI=1S/C13H12N2O6S/c16-11(14-6-5-9-2-1-7-22-9)8-20-13(17)10-3-4-12(21-10)15(18)19/h1-4,7H,5-6,8H2,(H,14,16). The summed E-state index contributed by atoms with van der Waals surface area (Å²) in [6.45, 7) is -0.0408. The molecule has 0 saturated carbocycles. The van der Waals surface area contributed by atoms with Crippen molar-refractivity contribution in [1.29, 1.82) is 0 Å². The molecule has 2 heterocycles. The topological polar surface area (TPSA) is 112 Å². The third kappa shape index (κ3) is 4.42. The average molecular weight is 324 g/mol. The maximum atomic E-state index is 11.5. The molecule has 0 aliphatic carbocycles. The first-order valence-electron chi connectivity index (χ1n) is 6.26. The molecule has 0 unspecified atom stereocenters. The fraction of sp³-hybridized carbons (Fsp3) is 0.231. The number of furan rings is 1. The quantitative estimate of drug-likeness (QED) is 0.472. The van der Waals surface area contributed by atoms with Gasteiger partial charge in [0.2, 0.25) is 5.76 Å². The van der Waals surface area contributed by atoms with Crippen LogP contribution in [-0.4, -0.2) is 30.0 Å². The molecule has 9 heteroatoms. The van der Waals surface area contributed by atoms with Gasteiger partial charge in [-0.05, 0) is 23.9 Å². The van der Waals surface area contributed by atoms with E-state index in [1.165, 1.54) is 0 Å². The zero-order valence-corrected chi connectivity index (χ0v) is 12.1. The minimum Gasteiger partial charge on any atom is -0.450 e. The SMILES string of the molecule is O=C(COC(=O)c1ccc([N+](=O)[O-])o1)NCCc1cccs1. The van der Waals surface area contributed by atoms with Crippen LogP contribution in [0.25, 0.3) is 0 Å². The Balaban J connectivity index is 1.70. The molecule has 116 valence electrons. The first kappa shape index (κ1) is 15.7. The molecular weight excluding hydrogens is 312 g/mol. The van der Waals surface area contributed by atoms with E-state index in [0.717, 1.165) is 17.0 Å². The van der Waals surface area contributed by atoms with Gasteiger partial charge in [0.15, 0.2) is 6.61 Å². The number of nitrogens with zero attached hydrogens (tertiary/aromatic N) is 1. The Morgan fingerprint density at radius 2 is 2.18 bits per heavy atom. The lowest BCUT2D eigenvalue weighted by Crippen LogP contribution is -2.30. The van der Waals surface area contributed by atoms with Gasteiger partial charge in [-0.1, -0.05) is 6.07 Å². The fourth-order valence-electron chi connectivity index (χ4n) is 1.57. The Kier molecular flexibility index (Phi) is 5.26. The molecule has 1 amide bonds. The summed E-state index contributed by atoms with van der Waals surface area (Å²) >= 11 is 1.59. The molecule has 0 spiro atoms. The van der Waals surface area contributed by atoms with Crippen molar-refractivity contribution in [2.75, 3.05) is 13.2 Å². The van der Waals surface area contributed by atoms with Gasteiger partial charge in [0.25, 0.3) is 5.91 Å². The van der Waals surface area contributed by atoms with Gasteiger partial charge in [0.05, 0.1) is 6.07 Å². The van der Waals surface area contributed by atoms with Crippen LogP contribution in [0.3, 0.4) is 0 Å². The van der Waals surface area contributed by atoms with Crippen molar-refractivity contribution < 1.29 is 23.7 Å². The molecule has 0 aliphatic heterocycles. The molecule has 0 saturated heterocycles. The van der Waals surface area contributed by atoms with Crippen molar-refractivity contribution in [1.82, 2.24) is 5.32 Å². The fourth-order valence-corrected chi connectivity index (χ4v) is 2.28. The minimum atomic E-state index is -0.929. The van der Waals surface area contributed by atoms with E-state index in [9.17, 15) is 19.7 Å². The second kappa shape index (κ2) is 7.36. The van der Waals surface area contributed by atoms with Gasteiger partial charge < -0.3 is 14.5 Å². The van der Waals surface area contributed by atoms with Gasteiger partial charge in [-0.25, -0.2) is 4.79 Å². The van der Waals surface area contributed by atoms with E-state index < -0.39 is 29.3 Å². The highest BCUT2D eigenvalue weighted by Crippen LogP contribution is 2.16. The largest absolute Gasteiger partial charge is 0.450 e. The highest BCUT2D eigenvalue weighted by molar-refractivity contribution is 7.09. The van der Waals surface area contributed by atoms with Crippen molar-refractivity contribution in [2.24, 2.45) is 0 Å². The number of ether oxygens (including phenoxy) is 1. The van der Waals surface area contributed by atoms with Crippen molar-refractivity contribution in [3.8, 4) is 0 Å². The zero-order chi connectivity index (χ0) is 15.9. The summed E-state index contributed by atoms with van der Waals surface area (Å²) in [6, 6.07) is 6.04. The summed E-state index contributed by atoms with van der Waals surface area (Å²) in [5, 5.41) is 15.0. The molecule has 2 aromatic rings. The number of esters is 1. The molecule has 0 bridgehead atoms. The molecule has 0 aromatic carbocycles. The van der Waals surface area contributed by atoms with Crippen LogP contribution in [0.5, 0.6) is 0 Å². The van der Waals surface area contributed by atoms with E-state index >= 15 is 0 Å². The van der Waals surface area contributed by atoms with Crippen molar-refractivity contribution >= 4 is 29.1 Å². The Morgan fingerprint density at radius 3 is 2.82 bits per heavy atom. The number of amides is 1. The third-order valence-electron chi connectivity index (χ3n) is 2.58. The smallest absolute Gasteiger partial charge is 0.433 e. The van der Waals surface area contributed by atoms with Crippen LogP contribution >= 0.6 is 11.3 Å². The van der Waals surface area contributed by atoms with Gasteiger partial charge >= 0.3 is 11.9 Å². The number of rotatable bonds is 7. The highest BCUT2D eigenvalue weighted by Gasteiger charge is 2.19. The number of nitro groups is 1. The number of hydrogen-bond acceptors (Lipinski definition) is 7. The minimum absolute atomic E-state index is 0.321. The summed E-state index contributed by atoms with van der Waals surface area (Å²) in [7, 11) is 0. The Labute approximate surface area is 128 Å². The molecule has 0 fully saturated rings. The second-order valence-corrected chi connectivity index (χ2v) is 5.18. The molecule has 2 rings (SSSR count). The number of thiophene rings is 1. The van der Waals surface area contributed by atoms with E-state index in [1.807, 2.05) is 17.5 Å². The lowest BCUT2D eigenvalue weighted by molar-refractivity contribution is -0.402. The maximum Gasteiger partial charge on any atom is 0.433 e. The molecule has 22 heavy (non-hydrogen) atoms. The molecule has 8 nitrogen and oxygen atoms in total. The lowest BCUT2D eigenvalue weighted by Gasteiger charge is -2.04. The molecule has 1 N–H and O–H groups in total. The van der Waals surface area contributed by atoms with E-state index in [1.54, 1.807) is 11.3 Å². The molecule has 0 atom stereocenters. The van der Waals surface area contributed by atoms with Crippen molar-refractivity contribution in [3.63, 3.8) is 0 Å². The number of carbonyl (C=O) groups excluding carboxylic acids is 2. The lowest BCUT2D eigenvalue weighted by atomic mass is 10.3. The molecule has 0 radical (unpaired) electrons. The van der Waals surface area contributed by atoms with E-state index in [0.29, 0.717) is 13.0 Å². The highest BCUT2D eigenvalue weighted by atomic mass is 32.1. The summed E-state index contributed by atoms with van der Waals surface area (Å²) < 4.78 is 9.37. The maximum absolute atomic E-state index is 11.5. The monoisotopic (exact) mass is 324 g/mol. The van der Waals surface area contributed by atoms with Crippen LogP contribution in [0.1, 0.15) is 15.4 Å². The van der Waals surface area contributed by atoms with Crippen LogP contribution in [0, 0.1) is 10.1 Å². The van der Waals surface area contributed by atoms with Crippen LogP contribution in [0.4, 0.5) is 5.88 Å². The summed E-state index contributed by atoms with van der Waals surface area (Å²) in [5.41, 5.74) is 0. The van der Waals surface area contributed by atoms with Crippen LogP contribution in [0.2, 0.25) is 0 Å². The summed E-state index contributed by atoms with van der Waals surface area (Å²) in [4.78, 5) is 33.8. The van der Waals surface area contributed by atoms with Crippen LogP contribution < -0.4 is 5.32 Å². The van der Waals surface area contributed by atoms with Crippen LogP contribution in [-0.2, 0) is 16.0 Å². The predicted molar refractivity (Wildman–Crippen MR) is 76.7 cm³/mol. The summed E-state index contributed by atoms with van der Waals surface area (Å²) in [5.74, 6) is -2.27. The van der Waals surface area contributed by atoms with Crippen molar-refractivity contribution in [3.05, 3.63) is 50.4 Å². The van der Waals surface area contributed by atoms with Gasteiger partial charge in [-0.15, -0.1) is 11.3 Å². The first-order chi connectivity index (χ1) is 10.6. The number of nitrogens with one attached hydrogen (secondary N) is 1. The number of hydrogen-bond donors (Lipinski definition) is 1. The first-order valence-corrected chi connectivity index (χ1v) is 7.14. The van der Waals surface area contributed by atoms with E-state index in [4.69, 9.17) is 4.74 Å². The van der Waals surface area contributed by atoms with Crippen molar-refractivity contribution in [2.45, 2.75) is 6.42 Å². The predicted octanol–water partition coefficient (Wildman–Crippen LogP) is 1.77. The van der Waals surface area contributed by atoms with Gasteiger partial charge in [-0.3, -0.25) is 14.9 Å². The molecule has 2 aromatic heterocycles. The van der Waals surface area contributed by atoms with E-state index in [2.05, 4.69) is 9.73 Å². The Hall–Kier alpha value is -2.68. The Bertz CT molecular complexity index is 664.